The van der Waals surface area contributed by atoms with E-state index in [1.54, 1.807) is 0 Å². The van der Waals surface area contributed by atoms with E-state index >= 15 is 0 Å². The first-order valence-corrected chi connectivity index (χ1v) is 11.8. The molecule has 0 saturated heterocycles. The minimum atomic E-state index is 0.716. The minimum absolute atomic E-state index is 0.716. The molecule has 0 spiro atoms. The van der Waals surface area contributed by atoms with Crippen LogP contribution in [0.4, 0.5) is 0 Å². The molecule has 2 aromatic rings. The van der Waals surface area contributed by atoms with Gasteiger partial charge < -0.3 is 4.74 Å². The Kier molecular flexibility index (Phi) is 8.98. The average Bonchev–Trinajstić information content (AvgIpc) is 2.77. The summed E-state index contributed by atoms with van der Waals surface area (Å²) < 4.78 is 6.03. The third-order valence-corrected chi connectivity index (χ3v) is 6.26. The van der Waals surface area contributed by atoms with E-state index in [2.05, 4.69) is 35.9 Å². The molecule has 0 bridgehead atoms. The highest BCUT2D eigenvalue weighted by atomic mass is 16.5. The van der Waals surface area contributed by atoms with Gasteiger partial charge >= 0.3 is 0 Å². The van der Waals surface area contributed by atoms with Crippen molar-refractivity contribution in [2.75, 3.05) is 6.61 Å². The van der Waals surface area contributed by atoms with Crippen LogP contribution in [0, 0.1) is 11.8 Å². The van der Waals surface area contributed by atoms with Gasteiger partial charge in [0.1, 0.15) is 5.75 Å². The molecule has 158 valence electrons. The Hall–Kier alpha value is -1.90. The van der Waals surface area contributed by atoms with Crippen LogP contribution in [-0.4, -0.2) is 16.6 Å². The lowest BCUT2D eigenvalue weighted by Crippen LogP contribution is -2.18. The van der Waals surface area contributed by atoms with Crippen LogP contribution in [0.5, 0.6) is 5.75 Å². The Labute approximate surface area is 177 Å². The summed E-state index contributed by atoms with van der Waals surface area (Å²) in [5, 5.41) is 0. The lowest BCUT2D eigenvalue weighted by atomic mass is 9.83. The van der Waals surface area contributed by atoms with E-state index in [9.17, 15) is 0 Å². The van der Waals surface area contributed by atoms with Gasteiger partial charge in [0.05, 0.1) is 6.61 Å². The van der Waals surface area contributed by atoms with Gasteiger partial charge in [0, 0.05) is 18.0 Å². The van der Waals surface area contributed by atoms with Gasteiger partial charge in [-0.25, -0.2) is 9.97 Å². The maximum absolute atomic E-state index is 6.03. The van der Waals surface area contributed by atoms with Crippen LogP contribution in [0.1, 0.15) is 83.6 Å². The zero-order valence-electron chi connectivity index (χ0n) is 18.4. The maximum Gasteiger partial charge on any atom is 0.159 e. The van der Waals surface area contributed by atoms with Crippen LogP contribution in [-0.2, 0) is 6.42 Å². The second-order valence-electron chi connectivity index (χ2n) is 8.89. The molecule has 1 aromatic carbocycles. The first-order chi connectivity index (χ1) is 14.2. The second kappa shape index (κ2) is 11.9. The SMILES string of the molecule is CCCCCCCCc1cnc(-c2ccc(OCC3CCC(C)CC3)cc2)nc1. The van der Waals surface area contributed by atoms with E-state index < -0.39 is 0 Å². The van der Waals surface area contributed by atoms with Crippen LogP contribution >= 0.6 is 0 Å². The van der Waals surface area contributed by atoms with Crippen molar-refractivity contribution in [2.45, 2.75) is 84.5 Å². The van der Waals surface area contributed by atoms with Crippen molar-refractivity contribution in [3.63, 3.8) is 0 Å². The number of benzene rings is 1. The highest BCUT2D eigenvalue weighted by molar-refractivity contribution is 5.55. The molecule has 1 heterocycles. The van der Waals surface area contributed by atoms with Gasteiger partial charge in [-0.2, -0.15) is 0 Å². The van der Waals surface area contributed by atoms with Crippen molar-refractivity contribution in [1.82, 2.24) is 9.97 Å². The lowest BCUT2D eigenvalue weighted by Gasteiger charge is -2.26. The molecule has 0 amide bonds. The van der Waals surface area contributed by atoms with Gasteiger partial charge in [-0.05, 0) is 67.3 Å². The Morgan fingerprint density at radius 3 is 2.21 bits per heavy atom. The lowest BCUT2D eigenvalue weighted by molar-refractivity contribution is 0.188. The van der Waals surface area contributed by atoms with Crippen molar-refractivity contribution >= 4 is 0 Å². The molecule has 1 aliphatic carbocycles. The Morgan fingerprint density at radius 1 is 0.862 bits per heavy atom. The molecule has 0 atom stereocenters. The van der Waals surface area contributed by atoms with E-state index in [0.717, 1.165) is 36.1 Å². The maximum atomic E-state index is 6.03. The number of nitrogens with zero attached hydrogens (tertiary/aromatic N) is 2. The zero-order chi connectivity index (χ0) is 20.3. The Balaban J connectivity index is 1.42. The number of hydrogen-bond acceptors (Lipinski definition) is 3. The monoisotopic (exact) mass is 394 g/mol. The standard InChI is InChI=1S/C26H38N2O/c1-3-4-5-6-7-8-9-23-18-27-26(28-19-23)24-14-16-25(17-15-24)29-20-22-12-10-21(2)11-13-22/h14-19,21-22H,3-13,20H2,1-2H3. The first kappa shape index (κ1) is 21.8. The zero-order valence-corrected chi connectivity index (χ0v) is 18.4. The molecule has 3 rings (SSSR count). The molecule has 1 aliphatic rings. The van der Waals surface area contributed by atoms with Crippen LogP contribution in [0.2, 0.25) is 0 Å². The quantitative estimate of drug-likeness (QED) is 0.376. The number of ether oxygens (including phenoxy) is 1. The molecule has 0 aliphatic heterocycles. The molecule has 0 N–H and O–H groups in total. The van der Waals surface area contributed by atoms with Crippen LogP contribution in [0.25, 0.3) is 11.4 Å². The Bertz CT molecular complexity index is 688. The van der Waals surface area contributed by atoms with Crippen LogP contribution < -0.4 is 4.74 Å². The molecule has 1 saturated carbocycles. The average molecular weight is 395 g/mol. The van der Waals surface area contributed by atoms with Crippen molar-refractivity contribution in [3.05, 3.63) is 42.2 Å². The van der Waals surface area contributed by atoms with E-state index in [0.29, 0.717) is 5.92 Å². The highest BCUT2D eigenvalue weighted by Gasteiger charge is 2.18. The van der Waals surface area contributed by atoms with Crippen molar-refractivity contribution in [3.8, 4) is 17.1 Å². The van der Waals surface area contributed by atoms with Gasteiger partial charge in [0.25, 0.3) is 0 Å². The second-order valence-corrected chi connectivity index (χ2v) is 8.89. The fourth-order valence-electron chi connectivity index (χ4n) is 4.15. The first-order valence-electron chi connectivity index (χ1n) is 11.8. The number of rotatable bonds is 11. The number of aromatic nitrogens is 2. The van der Waals surface area contributed by atoms with E-state index in [4.69, 9.17) is 4.74 Å². The molecule has 1 fully saturated rings. The summed E-state index contributed by atoms with van der Waals surface area (Å²) in [7, 11) is 0. The highest BCUT2D eigenvalue weighted by Crippen LogP contribution is 2.29. The molecule has 3 nitrogen and oxygen atoms in total. The third-order valence-electron chi connectivity index (χ3n) is 6.26. The van der Waals surface area contributed by atoms with E-state index in [1.807, 2.05) is 24.5 Å². The largest absolute Gasteiger partial charge is 0.493 e. The summed E-state index contributed by atoms with van der Waals surface area (Å²) in [6.07, 6.45) is 18.3. The third kappa shape index (κ3) is 7.45. The predicted octanol–water partition coefficient (Wildman–Crippen LogP) is 7.25. The van der Waals surface area contributed by atoms with Crippen LogP contribution in [0.3, 0.4) is 0 Å². The summed E-state index contributed by atoms with van der Waals surface area (Å²) in [5.74, 6) is 3.35. The minimum Gasteiger partial charge on any atom is -0.493 e. The summed E-state index contributed by atoms with van der Waals surface area (Å²) in [5.41, 5.74) is 2.29. The molecule has 3 heteroatoms. The topological polar surface area (TPSA) is 35.0 Å². The molecule has 1 aromatic heterocycles. The Morgan fingerprint density at radius 2 is 1.52 bits per heavy atom. The fraction of sp³-hybridized carbons (Fsp3) is 0.615. The molecular weight excluding hydrogens is 356 g/mol. The summed E-state index contributed by atoms with van der Waals surface area (Å²) in [4.78, 5) is 9.16. The molecular formula is C26H38N2O. The normalized spacial score (nSPS) is 19.2. The summed E-state index contributed by atoms with van der Waals surface area (Å²) >= 11 is 0. The molecule has 0 unspecified atom stereocenters. The smallest absolute Gasteiger partial charge is 0.159 e. The number of unbranched alkanes of at least 4 members (excludes halogenated alkanes) is 5. The molecule has 0 radical (unpaired) electrons. The van der Waals surface area contributed by atoms with Gasteiger partial charge in [0.15, 0.2) is 5.82 Å². The van der Waals surface area contributed by atoms with Crippen molar-refractivity contribution in [2.24, 2.45) is 11.8 Å². The molecule has 29 heavy (non-hydrogen) atoms. The number of hydrogen-bond donors (Lipinski definition) is 0. The van der Waals surface area contributed by atoms with Crippen molar-refractivity contribution < 1.29 is 4.74 Å². The van der Waals surface area contributed by atoms with Gasteiger partial charge in [-0.15, -0.1) is 0 Å². The predicted molar refractivity (Wildman–Crippen MR) is 121 cm³/mol. The fourth-order valence-corrected chi connectivity index (χ4v) is 4.15. The van der Waals surface area contributed by atoms with E-state index in [1.165, 1.54) is 69.8 Å². The summed E-state index contributed by atoms with van der Waals surface area (Å²) in [6.45, 7) is 5.46. The van der Waals surface area contributed by atoms with Gasteiger partial charge in [-0.1, -0.05) is 58.8 Å². The van der Waals surface area contributed by atoms with Gasteiger partial charge in [0.2, 0.25) is 0 Å². The van der Waals surface area contributed by atoms with Crippen LogP contribution in [0.15, 0.2) is 36.7 Å². The van der Waals surface area contributed by atoms with Gasteiger partial charge in [-0.3, -0.25) is 0 Å². The van der Waals surface area contributed by atoms with Crippen molar-refractivity contribution in [1.29, 1.82) is 0 Å². The number of aryl methyl sites for hydroxylation is 1. The van der Waals surface area contributed by atoms with E-state index in [-0.39, 0.29) is 0 Å². The summed E-state index contributed by atoms with van der Waals surface area (Å²) in [6, 6.07) is 8.24.